The zero-order chi connectivity index (χ0) is 17.5. The van der Waals surface area contributed by atoms with Crippen LogP contribution >= 0.6 is 0 Å². The molecule has 2 amide bonds. The summed E-state index contributed by atoms with van der Waals surface area (Å²) >= 11 is 0. The zero-order valence-corrected chi connectivity index (χ0v) is 13.9. The molecule has 3 atom stereocenters. The van der Waals surface area contributed by atoms with Crippen LogP contribution in [0.3, 0.4) is 0 Å². The Kier molecular flexibility index (Phi) is 4.77. The van der Waals surface area contributed by atoms with Crippen molar-refractivity contribution < 1.29 is 22.8 Å². The molecule has 0 aromatic carbocycles. The van der Waals surface area contributed by atoms with E-state index in [0.717, 1.165) is 37.1 Å². The van der Waals surface area contributed by atoms with Crippen LogP contribution in [0.2, 0.25) is 0 Å². The van der Waals surface area contributed by atoms with Crippen LogP contribution in [-0.2, 0) is 9.59 Å². The number of hydrogen-bond acceptors (Lipinski definition) is 3. The normalized spacial score (nSPS) is 32.2. The maximum atomic E-state index is 12.8. The molecule has 3 heterocycles. The maximum absolute atomic E-state index is 12.8. The van der Waals surface area contributed by atoms with Gasteiger partial charge in [-0.2, -0.15) is 13.2 Å². The van der Waals surface area contributed by atoms with Crippen LogP contribution in [0.25, 0.3) is 0 Å². The first-order valence-corrected chi connectivity index (χ1v) is 8.61. The second kappa shape index (κ2) is 6.54. The molecule has 3 unspecified atom stereocenters. The Balaban J connectivity index is 1.64. The van der Waals surface area contributed by atoms with E-state index < -0.39 is 24.5 Å². The van der Waals surface area contributed by atoms with E-state index in [0.29, 0.717) is 12.6 Å². The van der Waals surface area contributed by atoms with Crippen LogP contribution in [0.1, 0.15) is 32.1 Å². The van der Waals surface area contributed by atoms with Gasteiger partial charge in [0.1, 0.15) is 6.54 Å². The summed E-state index contributed by atoms with van der Waals surface area (Å²) in [6.07, 6.45) is -0.494. The molecule has 0 bridgehead atoms. The maximum Gasteiger partial charge on any atom is 0.406 e. The quantitative estimate of drug-likeness (QED) is 0.777. The van der Waals surface area contributed by atoms with Gasteiger partial charge in [-0.25, -0.2) is 0 Å². The fourth-order valence-corrected chi connectivity index (χ4v) is 4.43. The van der Waals surface area contributed by atoms with E-state index in [9.17, 15) is 22.8 Å². The van der Waals surface area contributed by atoms with E-state index in [-0.39, 0.29) is 24.9 Å². The lowest BCUT2D eigenvalue weighted by Gasteiger charge is -2.34. The molecule has 3 fully saturated rings. The van der Waals surface area contributed by atoms with Gasteiger partial charge in [0.25, 0.3) is 0 Å². The minimum atomic E-state index is -4.42. The van der Waals surface area contributed by atoms with E-state index in [1.54, 1.807) is 0 Å². The molecule has 3 aliphatic rings. The molecule has 8 heteroatoms. The number of rotatable bonds is 3. The average Bonchev–Trinajstić information content (AvgIpc) is 3.17. The van der Waals surface area contributed by atoms with E-state index in [1.165, 1.54) is 0 Å². The number of likely N-dealkylation sites (N-methyl/N-ethyl adjacent to an activating group) is 1. The second-order valence-electron chi connectivity index (χ2n) is 7.22. The summed E-state index contributed by atoms with van der Waals surface area (Å²) in [6, 6.07) is 0.469. The number of amides is 2. The van der Waals surface area contributed by atoms with Crippen molar-refractivity contribution in [3.05, 3.63) is 0 Å². The summed E-state index contributed by atoms with van der Waals surface area (Å²) in [5.74, 6) is -1.35. The topological polar surface area (TPSA) is 43.9 Å². The van der Waals surface area contributed by atoms with Crippen molar-refractivity contribution in [1.29, 1.82) is 0 Å². The second-order valence-corrected chi connectivity index (χ2v) is 7.22. The molecule has 24 heavy (non-hydrogen) atoms. The van der Waals surface area contributed by atoms with Crippen LogP contribution in [-0.4, -0.2) is 78.0 Å². The van der Waals surface area contributed by atoms with Gasteiger partial charge in [-0.3, -0.25) is 9.59 Å². The Labute approximate surface area is 139 Å². The average molecular weight is 347 g/mol. The molecular formula is C16H24F3N3O2. The van der Waals surface area contributed by atoms with E-state index >= 15 is 0 Å². The van der Waals surface area contributed by atoms with E-state index in [4.69, 9.17) is 0 Å². The predicted octanol–water partition coefficient (Wildman–Crippen LogP) is 1.48. The highest BCUT2D eigenvalue weighted by atomic mass is 19.4. The number of carbonyl (C=O) groups excluding carboxylic acids is 2. The van der Waals surface area contributed by atoms with Gasteiger partial charge in [0.2, 0.25) is 11.8 Å². The van der Waals surface area contributed by atoms with Gasteiger partial charge < -0.3 is 14.7 Å². The van der Waals surface area contributed by atoms with Crippen molar-refractivity contribution in [2.24, 2.45) is 5.92 Å². The first-order valence-electron chi connectivity index (χ1n) is 8.61. The number of likely N-dealkylation sites (tertiary alicyclic amines) is 3. The molecule has 0 N–H and O–H groups in total. The molecule has 0 spiro atoms. The summed E-state index contributed by atoms with van der Waals surface area (Å²) < 4.78 is 37.6. The van der Waals surface area contributed by atoms with Crippen molar-refractivity contribution in [3.63, 3.8) is 0 Å². The minimum absolute atomic E-state index is 0.0986. The third-order valence-corrected chi connectivity index (χ3v) is 5.54. The Bertz CT molecular complexity index is 511. The van der Waals surface area contributed by atoms with Crippen molar-refractivity contribution in [3.8, 4) is 0 Å². The molecule has 0 aliphatic carbocycles. The molecule has 0 aromatic rings. The third-order valence-electron chi connectivity index (χ3n) is 5.54. The van der Waals surface area contributed by atoms with Crippen molar-refractivity contribution in [2.75, 3.05) is 33.2 Å². The molecule has 136 valence electrons. The molecule has 0 radical (unpaired) electrons. The highest BCUT2D eigenvalue weighted by Crippen LogP contribution is 2.32. The zero-order valence-electron chi connectivity index (χ0n) is 13.9. The van der Waals surface area contributed by atoms with Crippen LogP contribution in [0.4, 0.5) is 13.2 Å². The lowest BCUT2D eigenvalue weighted by Crippen LogP contribution is -2.49. The van der Waals surface area contributed by atoms with Gasteiger partial charge in [-0.1, -0.05) is 0 Å². The van der Waals surface area contributed by atoms with Gasteiger partial charge in [0.05, 0.1) is 5.92 Å². The number of hydrogen-bond donors (Lipinski definition) is 0. The first kappa shape index (κ1) is 17.5. The molecule has 0 aromatic heterocycles. The van der Waals surface area contributed by atoms with E-state index in [1.807, 2.05) is 4.90 Å². The fourth-order valence-electron chi connectivity index (χ4n) is 4.43. The van der Waals surface area contributed by atoms with Crippen LogP contribution < -0.4 is 0 Å². The van der Waals surface area contributed by atoms with Gasteiger partial charge in [-0.15, -0.1) is 0 Å². The summed E-state index contributed by atoms with van der Waals surface area (Å²) in [4.78, 5) is 29.5. The molecular weight excluding hydrogens is 323 g/mol. The predicted molar refractivity (Wildman–Crippen MR) is 81.1 cm³/mol. The molecule has 3 saturated heterocycles. The fraction of sp³-hybridized carbons (Fsp3) is 0.875. The Morgan fingerprint density at radius 1 is 1.17 bits per heavy atom. The largest absolute Gasteiger partial charge is 0.406 e. The lowest BCUT2D eigenvalue weighted by molar-refractivity contribution is -0.157. The standard InChI is InChI=1S/C16H24F3N3O2/c1-20-6-2-4-12(20)13-5-3-7-22(13)15(24)11-8-14(23)21(9-11)10-16(17,18)19/h11-13H,2-10H2,1H3. The Morgan fingerprint density at radius 2 is 1.83 bits per heavy atom. The summed E-state index contributed by atoms with van der Waals surface area (Å²) in [5.41, 5.74) is 0. The number of alkyl halides is 3. The summed E-state index contributed by atoms with van der Waals surface area (Å²) in [7, 11) is 2.06. The number of nitrogens with zero attached hydrogens (tertiary/aromatic N) is 3. The van der Waals surface area contributed by atoms with Crippen molar-refractivity contribution in [1.82, 2.24) is 14.7 Å². The molecule has 3 rings (SSSR count). The van der Waals surface area contributed by atoms with Crippen LogP contribution in [0, 0.1) is 5.92 Å². The Morgan fingerprint density at radius 3 is 2.46 bits per heavy atom. The smallest absolute Gasteiger partial charge is 0.338 e. The van der Waals surface area contributed by atoms with Gasteiger partial charge in [0, 0.05) is 31.6 Å². The number of halogens is 3. The van der Waals surface area contributed by atoms with Crippen molar-refractivity contribution >= 4 is 11.8 Å². The highest BCUT2D eigenvalue weighted by Gasteiger charge is 2.45. The van der Waals surface area contributed by atoms with E-state index in [2.05, 4.69) is 11.9 Å². The highest BCUT2D eigenvalue weighted by molar-refractivity contribution is 5.89. The Hall–Kier alpha value is -1.31. The molecule has 3 aliphatic heterocycles. The van der Waals surface area contributed by atoms with Crippen LogP contribution in [0.5, 0.6) is 0 Å². The summed E-state index contributed by atoms with van der Waals surface area (Å²) in [6.45, 7) is 0.299. The number of carbonyl (C=O) groups is 2. The van der Waals surface area contributed by atoms with Crippen LogP contribution in [0.15, 0.2) is 0 Å². The van der Waals surface area contributed by atoms with Gasteiger partial charge >= 0.3 is 6.18 Å². The molecule has 0 saturated carbocycles. The minimum Gasteiger partial charge on any atom is -0.338 e. The lowest BCUT2D eigenvalue weighted by atomic mass is 10.0. The SMILES string of the molecule is CN1CCCC1C1CCCN1C(=O)C1CC(=O)N(CC(F)(F)F)C1. The van der Waals surface area contributed by atoms with Gasteiger partial charge in [0.15, 0.2) is 0 Å². The first-order chi connectivity index (χ1) is 11.3. The monoisotopic (exact) mass is 347 g/mol. The molecule has 5 nitrogen and oxygen atoms in total. The summed E-state index contributed by atoms with van der Waals surface area (Å²) in [5, 5.41) is 0. The third kappa shape index (κ3) is 3.53. The van der Waals surface area contributed by atoms with Gasteiger partial charge in [-0.05, 0) is 39.3 Å². The van der Waals surface area contributed by atoms with Crippen molar-refractivity contribution in [2.45, 2.75) is 50.4 Å².